The molecule has 0 rings (SSSR count). The Morgan fingerprint density at radius 2 is 2.33 bits per heavy atom. The molecule has 0 spiro atoms. The summed E-state index contributed by atoms with van der Waals surface area (Å²) in [7, 11) is -0.662. The third-order valence-corrected chi connectivity index (χ3v) is 2.40. The molecule has 4 heteroatoms. The van der Waals surface area contributed by atoms with Crippen molar-refractivity contribution in [1.29, 1.82) is 0 Å². The highest BCUT2D eigenvalue weighted by atomic mass is 32.2. The Morgan fingerprint density at radius 3 is 2.67 bits per heavy atom. The van der Waals surface area contributed by atoms with Gasteiger partial charge in [0.05, 0.1) is 6.04 Å². The molecule has 0 fully saturated rings. The van der Waals surface area contributed by atoms with Crippen LogP contribution in [0.25, 0.3) is 0 Å². The first-order valence-corrected chi connectivity index (χ1v) is 5.26. The molecule has 2 nitrogen and oxygen atoms in total. The maximum Gasteiger partial charge on any atom is 0.0941 e. The summed E-state index contributed by atoms with van der Waals surface area (Å²) in [6.45, 7) is 0. The topological polar surface area (TPSA) is 44.7 Å². The molecule has 0 aliphatic heterocycles. The minimum Gasteiger partial charge on any atom is -0.354 e. The van der Waals surface area contributed by atoms with Gasteiger partial charge in [0, 0.05) is 35.0 Å². The molecule has 3 N–H and O–H groups in total. The van der Waals surface area contributed by atoms with Gasteiger partial charge in [-0.15, -0.1) is 0 Å². The van der Waals surface area contributed by atoms with E-state index in [-0.39, 0.29) is 0 Å². The Hall–Kier alpha value is 0.460. The molecule has 0 aliphatic rings. The van der Waals surface area contributed by atoms with Gasteiger partial charge in [-0.05, 0) is 0 Å². The molecule has 0 saturated heterocycles. The molecule has 0 aromatic heterocycles. The average Bonchev–Trinajstić information content (AvgIpc) is 1.83. The summed E-state index contributed by atoms with van der Waals surface area (Å²) < 4.78 is 10.5. The number of thiol groups is 1. The summed E-state index contributed by atoms with van der Waals surface area (Å²) in [5.74, 6) is 1.55. The van der Waals surface area contributed by atoms with Crippen LogP contribution in [0.4, 0.5) is 0 Å². The number of hydrogen-bond donors (Lipinski definition) is 2. The number of hydrogen-bond acceptors (Lipinski definition) is 2. The van der Waals surface area contributed by atoms with Crippen LogP contribution in [0, 0.1) is 0 Å². The van der Waals surface area contributed by atoms with Gasteiger partial charge in [0.1, 0.15) is 0 Å². The minimum absolute atomic E-state index is 0.359. The van der Waals surface area contributed by atoms with Gasteiger partial charge in [0.25, 0.3) is 0 Å². The second-order valence-corrected chi connectivity index (χ2v) is 4.03. The normalized spacial score (nSPS) is 17.2. The average molecular weight is 168 g/mol. The van der Waals surface area contributed by atoms with E-state index < -0.39 is 10.8 Å². The molecule has 2 atom stereocenters. The molecule has 0 bridgehead atoms. The zero-order valence-electron chi connectivity index (χ0n) is 5.67. The highest BCUT2D eigenvalue weighted by Gasteiger charge is 2.02. The molecule has 1 unspecified atom stereocenters. The van der Waals surface area contributed by atoms with E-state index in [1.807, 2.05) is 0 Å². The standard InChI is InChI=1S/C5H13NOS2/c1-9(7)3-2-5(6)4-8/h5,8H,2-4,6H2,1H3/p+1/t5-,9?/m0/s1. The molecular weight excluding hydrogens is 154 g/mol. The third-order valence-electron chi connectivity index (χ3n) is 1.07. The number of quaternary nitrogens is 1. The first-order chi connectivity index (χ1) is 4.16. The van der Waals surface area contributed by atoms with E-state index in [1.165, 1.54) is 0 Å². The van der Waals surface area contributed by atoms with E-state index in [0.717, 1.165) is 17.9 Å². The lowest BCUT2D eigenvalue weighted by Gasteiger charge is -2.01. The fraction of sp³-hybridized carbons (Fsp3) is 1.00. The zero-order chi connectivity index (χ0) is 7.28. The van der Waals surface area contributed by atoms with Crippen LogP contribution in [-0.4, -0.2) is 28.0 Å². The quantitative estimate of drug-likeness (QED) is 0.536. The molecular formula is C5H14NOS2+. The van der Waals surface area contributed by atoms with E-state index >= 15 is 0 Å². The summed E-state index contributed by atoms with van der Waals surface area (Å²) in [6.07, 6.45) is 2.64. The molecule has 0 aromatic carbocycles. The van der Waals surface area contributed by atoms with Crippen molar-refractivity contribution in [2.45, 2.75) is 12.5 Å². The highest BCUT2D eigenvalue weighted by molar-refractivity contribution is 7.84. The van der Waals surface area contributed by atoms with Crippen LogP contribution in [0.2, 0.25) is 0 Å². The van der Waals surface area contributed by atoms with Crippen LogP contribution >= 0.6 is 12.6 Å². The first-order valence-electron chi connectivity index (χ1n) is 2.90. The van der Waals surface area contributed by atoms with Gasteiger partial charge < -0.3 is 5.73 Å². The second kappa shape index (κ2) is 5.26. The molecule has 0 aromatic rings. The lowest BCUT2D eigenvalue weighted by atomic mass is 10.3. The Labute approximate surface area is 64.1 Å². The van der Waals surface area contributed by atoms with Crippen molar-refractivity contribution in [2.24, 2.45) is 0 Å². The van der Waals surface area contributed by atoms with Crippen molar-refractivity contribution in [3.63, 3.8) is 0 Å². The van der Waals surface area contributed by atoms with Gasteiger partial charge in [0.15, 0.2) is 0 Å². The van der Waals surface area contributed by atoms with Gasteiger partial charge >= 0.3 is 0 Å². The molecule has 0 saturated carbocycles. The fourth-order valence-electron chi connectivity index (χ4n) is 0.424. The largest absolute Gasteiger partial charge is 0.354 e. The fourth-order valence-corrected chi connectivity index (χ4v) is 1.27. The zero-order valence-corrected chi connectivity index (χ0v) is 7.38. The van der Waals surface area contributed by atoms with Crippen molar-refractivity contribution in [3.8, 4) is 0 Å². The van der Waals surface area contributed by atoms with Crippen LogP contribution in [0.1, 0.15) is 6.42 Å². The van der Waals surface area contributed by atoms with Crippen LogP contribution in [0.5, 0.6) is 0 Å². The Balaban J connectivity index is 3.16. The van der Waals surface area contributed by atoms with Crippen LogP contribution in [-0.2, 0) is 10.8 Å². The second-order valence-electron chi connectivity index (χ2n) is 2.11. The maximum atomic E-state index is 10.5. The number of rotatable bonds is 4. The van der Waals surface area contributed by atoms with Crippen LogP contribution in [0.15, 0.2) is 0 Å². The predicted octanol–water partition coefficient (Wildman–Crippen LogP) is -0.705. The van der Waals surface area contributed by atoms with Crippen molar-refractivity contribution in [3.05, 3.63) is 0 Å². The lowest BCUT2D eigenvalue weighted by Crippen LogP contribution is -2.62. The maximum absolute atomic E-state index is 10.5. The third kappa shape index (κ3) is 6.34. The Bertz CT molecular complexity index is 97.0. The summed E-state index contributed by atoms with van der Waals surface area (Å²) in [6, 6.07) is 0.359. The van der Waals surface area contributed by atoms with E-state index in [1.54, 1.807) is 6.26 Å². The van der Waals surface area contributed by atoms with E-state index in [2.05, 4.69) is 18.4 Å². The SMILES string of the molecule is CS(=O)CC[C@H]([NH3+])CS. The van der Waals surface area contributed by atoms with Crippen LogP contribution in [0.3, 0.4) is 0 Å². The van der Waals surface area contributed by atoms with Gasteiger partial charge in [0.2, 0.25) is 0 Å². The van der Waals surface area contributed by atoms with Crippen molar-refractivity contribution < 1.29 is 9.94 Å². The Morgan fingerprint density at radius 1 is 1.78 bits per heavy atom. The molecule has 0 aliphatic carbocycles. The van der Waals surface area contributed by atoms with Gasteiger partial charge in [-0.25, -0.2) is 0 Å². The smallest absolute Gasteiger partial charge is 0.0941 e. The first kappa shape index (κ1) is 9.46. The lowest BCUT2D eigenvalue weighted by molar-refractivity contribution is -0.412. The summed E-state index contributed by atoms with van der Waals surface area (Å²) in [4.78, 5) is 0. The van der Waals surface area contributed by atoms with Crippen molar-refractivity contribution in [2.75, 3.05) is 17.8 Å². The molecule has 9 heavy (non-hydrogen) atoms. The molecule has 0 radical (unpaired) electrons. The molecule has 0 heterocycles. The van der Waals surface area contributed by atoms with Crippen LogP contribution < -0.4 is 5.73 Å². The van der Waals surface area contributed by atoms with Crippen molar-refractivity contribution in [1.82, 2.24) is 0 Å². The molecule has 0 amide bonds. The summed E-state index contributed by atoms with van der Waals surface area (Å²) in [5, 5.41) is 0. The van der Waals surface area contributed by atoms with E-state index in [9.17, 15) is 4.21 Å². The summed E-state index contributed by atoms with van der Waals surface area (Å²) in [5.41, 5.74) is 3.82. The van der Waals surface area contributed by atoms with E-state index in [4.69, 9.17) is 0 Å². The van der Waals surface area contributed by atoms with Gasteiger partial charge in [-0.2, -0.15) is 12.6 Å². The molecule has 56 valence electrons. The monoisotopic (exact) mass is 168 g/mol. The van der Waals surface area contributed by atoms with E-state index in [0.29, 0.717) is 6.04 Å². The van der Waals surface area contributed by atoms with Gasteiger partial charge in [-0.3, -0.25) is 4.21 Å². The van der Waals surface area contributed by atoms with Gasteiger partial charge in [-0.1, -0.05) is 0 Å². The minimum atomic E-state index is -0.662. The van der Waals surface area contributed by atoms with Crippen molar-refractivity contribution >= 4 is 23.4 Å². The summed E-state index contributed by atoms with van der Waals surface area (Å²) >= 11 is 4.06. The Kier molecular flexibility index (Phi) is 5.53. The predicted molar refractivity (Wildman–Crippen MR) is 44.1 cm³/mol. The highest BCUT2D eigenvalue weighted by Crippen LogP contribution is 1.89.